The molecule has 42 heavy (non-hydrogen) atoms. The van der Waals surface area contributed by atoms with Crippen LogP contribution in [0.25, 0.3) is 0 Å². The van der Waals surface area contributed by atoms with E-state index in [1.54, 1.807) is 0 Å². The average Bonchev–Trinajstić information content (AvgIpc) is 2.95. The molecule has 0 aliphatic rings. The third-order valence-electron chi connectivity index (χ3n) is 5.85. The zero-order valence-corrected chi connectivity index (χ0v) is 23.5. The monoisotopic (exact) mass is 586 g/mol. The predicted molar refractivity (Wildman–Crippen MR) is 154 cm³/mol. The number of ether oxygens (including phenoxy) is 2. The molecule has 2 aromatic rings. The van der Waals surface area contributed by atoms with Crippen molar-refractivity contribution in [3.8, 4) is 11.5 Å². The number of aliphatic imine (C=N–C) groups is 2. The van der Waals surface area contributed by atoms with Gasteiger partial charge in [0, 0.05) is 48.8 Å². The Labute approximate surface area is 242 Å². The summed E-state index contributed by atoms with van der Waals surface area (Å²) in [5.41, 5.74) is -1.44. The van der Waals surface area contributed by atoms with Gasteiger partial charge in [0.05, 0.1) is 34.2 Å². The van der Waals surface area contributed by atoms with Crippen LogP contribution >= 0.6 is 0 Å². The molecule has 0 radical (unpaired) electrons. The number of aromatic hydroxyl groups is 2. The van der Waals surface area contributed by atoms with E-state index in [0.29, 0.717) is 25.7 Å². The maximum Gasteiger partial charge on any atom is 0.338 e. The topological polar surface area (TPSA) is 204 Å². The largest absolute Gasteiger partial charge is 0.502 e. The molecular formula is C28H34N4O10. The SMILES string of the molecule is CCCCOC(=O)c1cc(C=NCCCCN=Cc2cc(C(=O)OCCCC)cc([N+](=O)[O-])c2O)c(O)c([N+](=O)[O-])c1. The molecule has 226 valence electrons. The van der Waals surface area contributed by atoms with Crippen molar-refractivity contribution in [2.24, 2.45) is 9.98 Å². The summed E-state index contributed by atoms with van der Waals surface area (Å²) >= 11 is 0. The van der Waals surface area contributed by atoms with E-state index in [2.05, 4.69) is 9.98 Å². The standard InChI is InChI=1S/C28H34N4O10/c1-3-5-11-41-27(35)19-13-21(25(33)23(15-19)31(37)38)17-29-9-7-8-10-30-18-22-14-20(28(36)42-12-6-4-2)16-24(26(22)34)32(39)40/h13-18,33-34H,3-12H2,1-2H3. The lowest BCUT2D eigenvalue weighted by molar-refractivity contribution is -0.386. The van der Waals surface area contributed by atoms with E-state index in [0.717, 1.165) is 25.0 Å². The van der Waals surface area contributed by atoms with Crippen LogP contribution in [0.4, 0.5) is 11.4 Å². The van der Waals surface area contributed by atoms with E-state index in [-0.39, 0.29) is 48.6 Å². The smallest absolute Gasteiger partial charge is 0.338 e. The highest BCUT2D eigenvalue weighted by Crippen LogP contribution is 2.32. The Morgan fingerprint density at radius 3 is 1.45 bits per heavy atom. The quantitative estimate of drug-likeness (QED) is 0.0820. The molecule has 0 fully saturated rings. The van der Waals surface area contributed by atoms with Crippen LogP contribution in [0, 0.1) is 20.2 Å². The van der Waals surface area contributed by atoms with Gasteiger partial charge in [0.2, 0.25) is 11.5 Å². The molecule has 0 aliphatic carbocycles. The van der Waals surface area contributed by atoms with E-state index in [1.165, 1.54) is 24.6 Å². The van der Waals surface area contributed by atoms with Crippen LogP contribution in [0.2, 0.25) is 0 Å². The summed E-state index contributed by atoms with van der Waals surface area (Å²) in [6.07, 6.45) is 6.40. The van der Waals surface area contributed by atoms with Crippen LogP contribution in [0.1, 0.15) is 84.2 Å². The molecule has 0 aliphatic heterocycles. The van der Waals surface area contributed by atoms with Gasteiger partial charge in [-0.1, -0.05) is 26.7 Å². The van der Waals surface area contributed by atoms with Crippen LogP contribution < -0.4 is 0 Å². The first-order valence-electron chi connectivity index (χ1n) is 13.5. The summed E-state index contributed by atoms with van der Waals surface area (Å²) in [6.45, 7) is 4.72. The van der Waals surface area contributed by atoms with E-state index in [9.17, 15) is 40.0 Å². The maximum absolute atomic E-state index is 12.3. The number of rotatable bonds is 17. The van der Waals surface area contributed by atoms with Gasteiger partial charge in [-0.25, -0.2) is 9.59 Å². The lowest BCUT2D eigenvalue weighted by Gasteiger charge is -2.07. The average molecular weight is 587 g/mol. The number of hydrogen-bond acceptors (Lipinski definition) is 12. The molecule has 0 amide bonds. The first-order chi connectivity index (χ1) is 20.1. The minimum absolute atomic E-state index is 0.00478. The second-order valence-electron chi connectivity index (χ2n) is 9.14. The maximum atomic E-state index is 12.3. The fourth-order valence-electron chi connectivity index (χ4n) is 3.51. The third-order valence-corrected chi connectivity index (χ3v) is 5.85. The van der Waals surface area contributed by atoms with Crippen molar-refractivity contribution in [3.05, 3.63) is 66.7 Å². The molecular weight excluding hydrogens is 552 g/mol. The van der Waals surface area contributed by atoms with Crippen molar-refractivity contribution in [1.29, 1.82) is 0 Å². The molecule has 0 saturated carbocycles. The van der Waals surface area contributed by atoms with Crippen molar-refractivity contribution in [3.63, 3.8) is 0 Å². The number of nitrogens with zero attached hydrogens (tertiary/aromatic N) is 4. The van der Waals surface area contributed by atoms with Crippen LogP contribution in [-0.4, -0.2) is 70.7 Å². The number of carbonyl (C=O) groups excluding carboxylic acids is 2. The molecule has 2 rings (SSSR count). The van der Waals surface area contributed by atoms with E-state index < -0.39 is 44.7 Å². The Morgan fingerprint density at radius 2 is 1.12 bits per heavy atom. The summed E-state index contributed by atoms with van der Waals surface area (Å²) in [7, 11) is 0. The molecule has 2 N–H and O–H groups in total. The minimum atomic E-state index is -0.801. The van der Waals surface area contributed by atoms with Gasteiger partial charge in [-0.05, 0) is 37.8 Å². The van der Waals surface area contributed by atoms with E-state index in [1.807, 2.05) is 13.8 Å². The lowest BCUT2D eigenvalue weighted by atomic mass is 10.1. The number of esters is 2. The summed E-state index contributed by atoms with van der Waals surface area (Å²) in [4.78, 5) is 53.9. The number of unbranched alkanes of at least 4 members (excludes halogenated alkanes) is 3. The number of carbonyl (C=O) groups is 2. The van der Waals surface area contributed by atoms with Crippen molar-refractivity contribution >= 4 is 35.7 Å². The van der Waals surface area contributed by atoms with Crippen molar-refractivity contribution < 1.29 is 39.1 Å². The third kappa shape index (κ3) is 9.94. The molecule has 0 spiro atoms. The number of nitro groups is 2. The first-order valence-corrected chi connectivity index (χ1v) is 13.5. The Balaban J connectivity index is 2.01. The number of benzene rings is 2. The molecule has 14 heteroatoms. The van der Waals surface area contributed by atoms with E-state index >= 15 is 0 Å². The predicted octanol–water partition coefficient (Wildman–Crippen LogP) is 5.15. The van der Waals surface area contributed by atoms with E-state index in [4.69, 9.17) is 9.47 Å². The molecule has 0 unspecified atom stereocenters. The van der Waals surface area contributed by atoms with Gasteiger partial charge in [-0.2, -0.15) is 0 Å². The second-order valence-corrected chi connectivity index (χ2v) is 9.14. The van der Waals surface area contributed by atoms with Gasteiger partial charge in [0.25, 0.3) is 0 Å². The van der Waals surface area contributed by atoms with Crippen molar-refractivity contribution in [2.45, 2.75) is 52.4 Å². The number of phenolic OH excluding ortho intramolecular Hbond substituents is 2. The summed E-state index contributed by atoms with van der Waals surface area (Å²) in [5.74, 6) is -2.73. The Bertz CT molecular complexity index is 1240. The molecule has 2 aromatic carbocycles. The van der Waals surface area contributed by atoms with Gasteiger partial charge in [-0.15, -0.1) is 0 Å². The molecule has 0 aromatic heterocycles. The van der Waals surface area contributed by atoms with Crippen LogP contribution in [0.5, 0.6) is 11.5 Å². The van der Waals surface area contributed by atoms with Gasteiger partial charge in [-0.3, -0.25) is 30.2 Å². The Morgan fingerprint density at radius 1 is 0.738 bits per heavy atom. The molecule has 0 heterocycles. The highest BCUT2D eigenvalue weighted by molar-refractivity contribution is 5.96. The summed E-state index contributed by atoms with van der Waals surface area (Å²) < 4.78 is 10.2. The highest BCUT2D eigenvalue weighted by atomic mass is 16.6. The lowest BCUT2D eigenvalue weighted by Crippen LogP contribution is -2.08. The summed E-state index contributed by atoms with van der Waals surface area (Å²) in [6, 6.07) is 4.44. The summed E-state index contributed by atoms with van der Waals surface area (Å²) in [5, 5.41) is 43.2. The molecule has 0 atom stereocenters. The van der Waals surface area contributed by atoms with Crippen LogP contribution in [0.3, 0.4) is 0 Å². The van der Waals surface area contributed by atoms with Crippen molar-refractivity contribution in [2.75, 3.05) is 26.3 Å². The molecule has 0 bridgehead atoms. The first kappa shape index (κ1) is 33.3. The number of nitro benzene ring substituents is 2. The minimum Gasteiger partial charge on any atom is -0.502 e. The fourth-order valence-corrected chi connectivity index (χ4v) is 3.51. The Kier molecular flexibility index (Phi) is 13.5. The zero-order valence-electron chi connectivity index (χ0n) is 23.5. The Hall–Kier alpha value is -4.88. The second kappa shape index (κ2) is 17.0. The number of phenols is 2. The number of hydrogen-bond donors (Lipinski definition) is 2. The van der Waals surface area contributed by atoms with Gasteiger partial charge < -0.3 is 19.7 Å². The zero-order chi connectivity index (χ0) is 31.1. The molecule has 0 saturated heterocycles. The van der Waals surface area contributed by atoms with Gasteiger partial charge in [0.1, 0.15) is 0 Å². The highest BCUT2D eigenvalue weighted by Gasteiger charge is 2.23. The van der Waals surface area contributed by atoms with Crippen LogP contribution in [-0.2, 0) is 9.47 Å². The fraction of sp³-hybridized carbons (Fsp3) is 0.429. The van der Waals surface area contributed by atoms with Crippen LogP contribution in [0.15, 0.2) is 34.3 Å². The van der Waals surface area contributed by atoms with Gasteiger partial charge >= 0.3 is 23.3 Å². The molecule has 14 nitrogen and oxygen atoms in total. The van der Waals surface area contributed by atoms with Crippen molar-refractivity contribution in [1.82, 2.24) is 0 Å². The van der Waals surface area contributed by atoms with Gasteiger partial charge in [0.15, 0.2) is 0 Å². The normalized spacial score (nSPS) is 11.2.